The summed E-state index contributed by atoms with van der Waals surface area (Å²) in [6.07, 6.45) is 4.72. The van der Waals surface area contributed by atoms with Crippen LogP contribution in [0.25, 0.3) is 11.0 Å². The van der Waals surface area contributed by atoms with E-state index in [1.54, 1.807) is 12.5 Å². The van der Waals surface area contributed by atoms with Crippen molar-refractivity contribution in [2.45, 2.75) is 40.2 Å². The number of likely N-dealkylation sites (N-methyl/N-ethyl adjacent to an activating group) is 1. The first kappa shape index (κ1) is 18.9. The maximum absolute atomic E-state index is 12.4. The summed E-state index contributed by atoms with van der Waals surface area (Å²) in [4.78, 5) is 26.0. The summed E-state index contributed by atoms with van der Waals surface area (Å²) in [5, 5.41) is 5.39. The van der Waals surface area contributed by atoms with Crippen molar-refractivity contribution in [1.82, 2.24) is 29.5 Å². The van der Waals surface area contributed by atoms with Crippen molar-refractivity contribution < 1.29 is 4.79 Å². The number of carbonyl (C=O) groups excluding carboxylic acids is 1. The van der Waals surface area contributed by atoms with Gasteiger partial charge in [-0.25, -0.2) is 14.6 Å². The maximum Gasteiger partial charge on any atom is 0.161 e. The van der Waals surface area contributed by atoms with Crippen molar-refractivity contribution in [2.75, 3.05) is 39.8 Å². The first-order valence-electron chi connectivity index (χ1n) is 9.44. The lowest BCUT2D eigenvalue weighted by Crippen LogP contribution is -2.44. The molecule has 142 valence electrons. The molecular formula is C19H30N6O. The van der Waals surface area contributed by atoms with E-state index < -0.39 is 0 Å². The van der Waals surface area contributed by atoms with E-state index in [1.165, 1.54) is 0 Å². The van der Waals surface area contributed by atoms with Gasteiger partial charge in [-0.1, -0.05) is 20.8 Å². The molecule has 0 aliphatic carbocycles. The molecule has 2 aromatic heterocycles. The highest BCUT2D eigenvalue weighted by atomic mass is 16.1. The lowest BCUT2D eigenvalue weighted by atomic mass is 9.88. The van der Waals surface area contributed by atoms with Gasteiger partial charge >= 0.3 is 0 Å². The third-order valence-electron chi connectivity index (χ3n) is 5.12. The van der Waals surface area contributed by atoms with Crippen molar-refractivity contribution in [2.24, 2.45) is 5.41 Å². The Morgan fingerprint density at radius 3 is 2.54 bits per heavy atom. The molecule has 1 fully saturated rings. The Kier molecular flexibility index (Phi) is 5.67. The average Bonchev–Trinajstić information content (AvgIpc) is 3.00. The van der Waals surface area contributed by atoms with Gasteiger partial charge in [-0.2, -0.15) is 5.10 Å². The first-order chi connectivity index (χ1) is 12.3. The van der Waals surface area contributed by atoms with E-state index in [0.29, 0.717) is 6.42 Å². The Labute approximate surface area is 155 Å². The minimum atomic E-state index is -0.365. The largest absolute Gasteiger partial charge is 0.304 e. The van der Waals surface area contributed by atoms with Crippen LogP contribution in [0.1, 0.15) is 32.9 Å². The highest BCUT2D eigenvalue weighted by molar-refractivity contribution is 5.89. The van der Waals surface area contributed by atoms with Crippen LogP contribution in [0, 0.1) is 5.41 Å². The average molecular weight is 358 g/mol. The summed E-state index contributed by atoms with van der Waals surface area (Å²) < 4.78 is 1.94. The number of carbonyl (C=O) groups is 1. The predicted molar refractivity (Wildman–Crippen MR) is 102 cm³/mol. The molecule has 1 aliphatic rings. The van der Waals surface area contributed by atoms with E-state index in [0.717, 1.165) is 62.4 Å². The molecule has 0 amide bonds. The third kappa shape index (κ3) is 4.45. The summed E-state index contributed by atoms with van der Waals surface area (Å²) in [6, 6.07) is 0. The minimum Gasteiger partial charge on any atom is -0.304 e. The molecule has 0 saturated carbocycles. The zero-order valence-corrected chi connectivity index (χ0v) is 16.4. The standard InChI is InChI=1S/C19H30N6O/c1-19(2,3)17(26)12-16-15-13-22-25(18(15)21-14-20-16)7-5-6-24-10-8-23(4)9-11-24/h13-14H,5-12H2,1-4H3. The topological polar surface area (TPSA) is 67.2 Å². The van der Waals surface area contributed by atoms with E-state index in [2.05, 4.69) is 31.9 Å². The van der Waals surface area contributed by atoms with Crippen LogP contribution in [0.2, 0.25) is 0 Å². The van der Waals surface area contributed by atoms with Gasteiger partial charge in [0.2, 0.25) is 0 Å². The number of aromatic nitrogens is 4. The second-order valence-corrected chi connectivity index (χ2v) is 8.27. The lowest BCUT2D eigenvalue weighted by molar-refractivity contribution is -0.125. The van der Waals surface area contributed by atoms with Gasteiger partial charge in [0.15, 0.2) is 5.65 Å². The number of fused-ring (bicyclic) bond motifs is 1. The van der Waals surface area contributed by atoms with Gasteiger partial charge in [0.25, 0.3) is 0 Å². The van der Waals surface area contributed by atoms with E-state index in [4.69, 9.17) is 0 Å². The highest BCUT2D eigenvalue weighted by Gasteiger charge is 2.23. The van der Waals surface area contributed by atoms with Gasteiger partial charge in [0.1, 0.15) is 12.1 Å². The van der Waals surface area contributed by atoms with E-state index in [9.17, 15) is 4.79 Å². The SMILES string of the molecule is CN1CCN(CCCn2ncc3c(CC(=O)C(C)(C)C)ncnc32)CC1. The third-order valence-corrected chi connectivity index (χ3v) is 5.12. The van der Waals surface area contributed by atoms with Gasteiger partial charge in [-0.3, -0.25) is 4.79 Å². The van der Waals surface area contributed by atoms with Crippen LogP contribution in [-0.4, -0.2) is 75.1 Å². The van der Waals surface area contributed by atoms with Gasteiger partial charge in [-0.05, 0) is 13.5 Å². The maximum atomic E-state index is 12.4. The van der Waals surface area contributed by atoms with E-state index in [1.807, 2.05) is 25.5 Å². The molecule has 3 heterocycles. The monoisotopic (exact) mass is 358 g/mol. The number of aryl methyl sites for hydroxylation is 1. The molecule has 0 radical (unpaired) electrons. The number of Topliss-reactive ketones (excluding diaryl/α,β-unsaturated/α-hetero) is 1. The quantitative estimate of drug-likeness (QED) is 0.782. The van der Waals surface area contributed by atoms with Crippen molar-refractivity contribution in [3.63, 3.8) is 0 Å². The number of hydrogen-bond donors (Lipinski definition) is 0. The van der Waals surface area contributed by atoms with Crippen molar-refractivity contribution in [1.29, 1.82) is 0 Å². The summed E-state index contributed by atoms with van der Waals surface area (Å²) in [7, 11) is 2.18. The Morgan fingerprint density at radius 1 is 1.12 bits per heavy atom. The summed E-state index contributed by atoms with van der Waals surface area (Å²) in [5.41, 5.74) is 1.24. The van der Waals surface area contributed by atoms with Gasteiger partial charge in [0.05, 0.1) is 23.7 Å². The summed E-state index contributed by atoms with van der Waals surface area (Å²) >= 11 is 0. The fourth-order valence-electron chi connectivity index (χ4n) is 3.18. The highest BCUT2D eigenvalue weighted by Crippen LogP contribution is 2.21. The number of piperazine rings is 1. The van der Waals surface area contributed by atoms with Gasteiger partial charge in [-0.15, -0.1) is 0 Å². The van der Waals surface area contributed by atoms with Crippen LogP contribution in [0.4, 0.5) is 0 Å². The van der Waals surface area contributed by atoms with Crippen molar-refractivity contribution in [3.05, 3.63) is 18.2 Å². The number of rotatable bonds is 6. The molecule has 0 N–H and O–H groups in total. The van der Waals surface area contributed by atoms with Crippen molar-refractivity contribution in [3.8, 4) is 0 Å². The molecule has 0 spiro atoms. The lowest BCUT2D eigenvalue weighted by Gasteiger charge is -2.32. The first-order valence-corrected chi connectivity index (χ1v) is 9.44. The molecular weight excluding hydrogens is 328 g/mol. The second-order valence-electron chi connectivity index (χ2n) is 8.27. The van der Waals surface area contributed by atoms with Crippen molar-refractivity contribution >= 4 is 16.8 Å². The van der Waals surface area contributed by atoms with Gasteiger partial charge < -0.3 is 9.80 Å². The molecule has 0 aromatic carbocycles. The molecule has 26 heavy (non-hydrogen) atoms. The van der Waals surface area contributed by atoms with Crippen LogP contribution in [0.15, 0.2) is 12.5 Å². The zero-order chi connectivity index (χ0) is 18.7. The summed E-state index contributed by atoms with van der Waals surface area (Å²) in [6.45, 7) is 12.3. The Bertz CT molecular complexity index is 755. The molecule has 7 heteroatoms. The molecule has 7 nitrogen and oxygen atoms in total. The second kappa shape index (κ2) is 7.80. The normalized spacial score (nSPS) is 17.1. The minimum absolute atomic E-state index is 0.181. The molecule has 2 aromatic rings. The number of nitrogens with zero attached hydrogens (tertiary/aromatic N) is 6. The molecule has 1 aliphatic heterocycles. The molecule has 0 atom stereocenters. The fraction of sp³-hybridized carbons (Fsp3) is 0.684. The number of ketones is 1. The van der Waals surface area contributed by atoms with Crippen LogP contribution in [0.5, 0.6) is 0 Å². The van der Waals surface area contributed by atoms with Crippen LogP contribution < -0.4 is 0 Å². The Hall–Kier alpha value is -1.86. The summed E-state index contributed by atoms with van der Waals surface area (Å²) in [5.74, 6) is 0.181. The predicted octanol–water partition coefficient (Wildman–Crippen LogP) is 1.62. The van der Waals surface area contributed by atoms with E-state index >= 15 is 0 Å². The van der Waals surface area contributed by atoms with Crippen LogP contribution in [-0.2, 0) is 17.8 Å². The molecule has 0 bridgehead atoms. The molecule has 3 rings (SSSR count). The van der Waals surface area contributed by atoms with Gasteiger partial charge in [0, 0.05) is 44.7 Å². The van der Waals surface area contributed by atoms with Crippen LogP contribution in [0.3, 0.4) is 0 Å². The smallest absolute Gasteiger partial charge is 0.161 e. The molecule has 1 saturated heterocycles. The van der Waals surface area contributed by atoms with E-state index in [-0.39, 0.29) is 11.2 Å². The Morgan fingerprint density at radius 2 is 1.85 bits per heavy atom. The zero-order valence-electron chi connectivity index (χ0n) is 16.4. The Balaban J connectivity index is 1.63. The fourth-order valence-corrected chi connectivity index (χ4v) is 3.18. The number of hydrogen-bond acceptors (Lipinski definition) is 6. The van der Waals surface area contributed by atoms with Crippen LogP contribution >= 0.6 is 0 Å². The molecule has 0 unspecified atom stereocenters.